The Balaban J connectivity index is 1.99. The third-order valence-corrected chi connectivity index (χ3v) is 3.53. The maximum absolute atomic E-state index is 13.4. The fraction of sp³-hybridized carbons (Fsp3) is 0.385. The topological polar surface area (TPSA) is 72.7 Å². The Morgan fingerprint density at radius 3 is 2.77 bits per heavy atom. The number of carbonyl (C=O) groups excluding carboxylic acids is 1. The first-order chi connectivity index (χ1) is 10.3. The van der Waals surface area contributed by atoms with Gasteiger partial charge in [-0.05, 0) is 43.3 Å². The van der Waals surface area contributed by atoms with Crippen LogP contribution < -0.4 is 5.32 Å². The van der Waals surface area contributed by atoms with Gasteiger partial charge in [0.25, 0.3) is 0 Å². The maximum Gasteiger partial charge on any atom is 0.234 e. The first kappa shape index (κ1) is 16.3. The Hall–Kier alpha value is -2.03. The van der Waals surface area contributed by atoms with Crippen LogP contribution in [0.3, 0.4) is 0 Å². The average Bonchev–Trinajstić information content (AvgIpc) is 2.89. The number of tetrazole rings is 1. The number of anilines is 1. The predicted octanol–water partition coefficient (Wildman–Crippen LogP) is 2.44. The van der Waals surface area contributed by atoms with Crippen molar-refractivity contribution < 1.29 is 13.6 Å². The molecule has 6 nitrogen and oxygen atoms in total. The summed E-state index contributed by atoms with van der Waals surface area (Å²) in [4.78, 5) is 11.8. The average molecular weight is 327 g/mol. The number of thioether (sulfide) groups is 1. The fourth-order valence-electron chi connectivity index (χ4n) is 1.60. The van der Waals surface area contributed by atoms with E-state index in [9.17, 15) is 13.6 Å². The van der Waals surface area contributed by atoms with Gasteiger partial charge in [0.1, 0.15) is 11.6 Å². The van der Waals surface area contributed by atoms with E-state index >= 15 is 0 Å². The van der Waals surface area contributed by atoms with Crippen LogP contribution in [-0.4, -0.2) is 31.9 Å². The largest absolute Gasteiger partial charge is 0.323 e. The number of halogens is 2. The lowest BCUT2D eigenvalue weighted by Crippen LogP contribution is -2.24. The number of carbonyl (C=O) groups is 1. The Morgan fingerprint density at radius 1 is 1.36 bits per heavy atom. The SMILES string of the molecule is CC(C)(C)n1nnnc1SCC(=O)Nc1cc(F)ccc1F. The molecule has 0 unspecified atom stereocenters. The zero-order valence-electron chi connectivity index (χ0n) is 12.3. The van der Waals surface area contributed by atoms with Crippen molar-refractivity contribution >= 4 is 23.4 Å². The number of hydrogen-bond acceptors (Lipinski definition) is 5. The summed E-state index contributed by atoms with van der Waals surface area (Å²) < 4.78 is 28.1. The number of aromatic nitrogens is 4. The molecule has 2 aromatic rings. The molecule has 1 N–H and O–H groups in total. The lowest BCUT2D eigenvalue weighted by Gasteiger charge is -2.19. The second-order valence-electron chi connectivity index (χ2n) is 5.51. The molecule has 1 amide bonds. The number of hydrogen-bond donors (Lipinski definition) is 1. The molecule has 0 aliphatic carbocycles. The minimum absolute atomic E-state index is 0.0214. The molecule has 0 aliphatic rings. The van der Waals surface area contributed by atoms with E-state index in [1.54, 1.807) is 4.68 Å². The summed E-state index contributed by atoms with van der Waals surface area (Å²) >= 11 is 1.12. The Labute approximate surface area is 130 Å². The lowest BCUT2D eigenvalue weighted by atomic mass is 10.1. The first-order valence-electron chi connectivity index (χ1n) is 6.44. The van der Waals surface area contributed by atoms with E-state index in [0.717, 1.165) is 30.0 Å². The molecule has 0 spiro atoms. The molecular weight excluding hydrogens is 312 g/mol. The van der Waals surface area contributed by atoms with Crippen molar-refractivity contribution in [3.05, 3.63) is 29.8 Å². The molecule has 1 aromatic heterocycles. The predicted molar refractivity (Wildman–Crippen MR) is 78.5 cm³/mol. The molecule has 0 saturated carbocycles. The van der Waals surface area contributed by atoms with Gasteiger partial charge in [0.2, 0.25) is 11.1 Å². The van der Waals surface area contributed by atoms with Crippen molar-refractivity contribution in [1.29, 1.82) is 0 Å². The number of amides is 1. The highest BCUT2D eigenvalue weighted by molar-refractivity contribution is 7.99. The minimum Gasteiger partial charge on any atom is -0.323 e. The fourth-order valence-corrected chi connectivity index (χ4v) is 2.46. The van der Waals surface area contributed by atoms with Crippen LogP contribution in [0.25, 0.3) is 0 Å². The van der Waals surface area contributed by atoms with Gasteiger partial charge in [0.15, 0.2) is 0 Å². The highest BCUT2D eigenvalue weighted by Gasteiger charge is 2.20. The molecule has 0 bridgehead atoms. The van der Waals surface area contributed by atoms with E-state index in [1.165, 1.54) is 0 Å². The van der Waals surface area contributed by atoms with Crippen LogP contribution >= 0.6 is 11.8 Å². The molecule has 0 saturated heterocycles. The zero-order chi connectivity index (χ0) is 16.3. The van der Waals surface area contributed by atoms with Gasteiger partial charge in [-0.25, -0.2) is 13.5 Å². The van der Waals surface area contributed by atoms with Gasteiger partial charge in [-0.2, -0.15) is 0 Å². The van der Waals surface area contributed by atoms with Crippen LogP contribution in [0.1, 0.15) is 20.8 Å². The minimum atomic E-state index is -0.695. The van der Waals surface area contributed by atoms with Crippen molar-refractivity contribution in [3.63, 3.8) is 0 Å². The van der Waals surface area contributed by atoms with E-state index < -0.39 is 17.5 Å². The first-order valence-corrected chi connectivity index (χ1v) is 7.42. The van der Waals surface area contributed by atoms with Gasteiger partial charge in [-0.15, -0.1) is 5.10 Å². The van der Waals surface area contributed by atoms with E-state index in [4.69, 9.17) is 0 Å². The molecule has 118 valence electrons. The van der Waals surface area contributed by atoms with Crippen LogP contribution in [-0.2, 0) is 10.3 Å². The Kier molecular flexibility index (Phi) is 4.74. The maximum atomic E-state index is 13.4. The van der Waals surface area contributed by atoms with Crippen LogP contribution in [0, 0.1) is 11.6 Å². The van der Waals surface area contributed by atoms with Crippen molar-refractivity contribution in [3.8, 4) is 0 Å². The Bertz CT molecular complexity index is 683. The van der Waals surface area contributed by atoms with Gasteiger partial charge in [-0.3, -0.25) is 4.79 Å². The molecular formula is C13H15F2N5OS. The highest BCUT2D eigenvalue weighted by Crippen LogP contribution is 2.22. The summed E-state index contributed by atoms with van der Waals surface area (Å²) in [6, 6.07) is 2.87. The van der Waals surface area contributed by atoms with Gasteiger partial charge >= 0.3 is 0 Å². The van der Waals surface area contributed by atoms with Crippen molar-refractivity contribution in [1.82, 2.24) is 20.2 Å². The monoisotopic (exact) mass is 327 g/mol. The van der Waals surface area contributed by atoms with Crippen molar-refractivity contribution in [2.45, 2.75) is 31.5 Å². The van der Waals surface area contributed by atoms with E-state index in [0.29, 0.717) is 5.16 Å². The van der Waals surface area contributed by atoms with Crippen LogP contribution in [0.5, 0.6) is 0 Å². The standard InChI is InChI=1S/C13H15F2N5OS/c1-13(2,3)20-12(17-18-19-20)22-7-11(21)16-10-6-8(14)4-5-9(10)15/h4-6H,7H2,1-3H3,(H,16,21). The molecule has 2 rings (SSSR count). The van der Waals surface area contributed by atoms with E-state index in [2.05, 4.69) is 20.8 Å². The molecule has 1 aromatic carbocycles. The van der Waals surface area contributed by atoms with Crippen LogP contribution in [0.15, 0.2) is 23.4 Å². The number of nitrogens with one attached hydrogen (secondary N) is 1. The summed E-state index contributed by atoms with van der Waals surface area (Å²) in [5, 5.41) is 14.1. The summed E-state index contributed by atoms with van der Waals surface area (Å²) in [6.07, 6.45) is 0. The molecule has 22 heavy (non-hydrogen) atoms. The second-order valence-corrected chi connectivity index (χ2v) is 6.45. The number of nitrogens with zero attached hydrogens (tertiary/aromatic N) is 4. The van der Waals surface area contributed by atoms with Crippen LogP contribution in [0.2, 0.25) is 0 Å². The molecule has 0 radical (unpaired) electrons. The highest BCUT2D eigenvalue weighted by atomic mass is 32.2. The van der Waals surface area contributed by atoms with Gasteiger partial charge in [-0.1, -0.05) is 11.8 Å². The molecule has 0 fully saturated rings. The van der Waals surface area contributed by atoms with Crippen molar-refractivity contribution in [2.24, 2.45) is 0 Å². The van der Waals surface area contributed by atoms with Gasteiger partial charge < -0.3 is 5.32 Å². The summed E-state index contributed by atoms with van der Waals surface area (Å²) in [7, 11) is 0. The summed E-state index contributed by atoms with van der Waals surface area (Å²) in [5.41, 5.74) is -0.516. The zero-order valence-corrected chi connectivity index (χ0v) is 13.1. The smallest absolute Gasteiger partial charge is 0.234 e. The Morgan fingerprint density at radius 2 is 2.09 bits per heavy atom. The van der Waals surface area contributed by atoms with Crippen molar-refractivity contribution in [2.75, 3.05) is 11.1 Å². The lowest BCUT2D eigenvalue weighted by molar-refractivity contribution is -0.113. The summed E-state index contributed by atoms with van der Waals surface area (Å²) in [6.45, 7) is 5.78. The van der Waals surface area contributed by atoms with Gasteiger partial charge in [0.05, 0.1) is 17.0 Å². The summed E-state index contributed by atoms with van der Waals surface area (Å²) in [5.74, 6) is -1.81. The number of benzene rings is 1. The van der Waals surface area contributed by atoms with E-state index in [1.807, 2.05) is 20.8 Å². The van der Waals surface area contributed by atoms with E-state index in [-0.39, 0.29) is 17.0 Å². The second kappa shape index (κ2) is 6.39. The molecule has 1 heterocycles. The molecule has 9 heteroatoms. The van der Waals surface area contributed by atoms with Crippen LogP contribution in [0.4, 0.5) is 14.5 Å². The third kappa shape index (κ3) is 4.00. The normalized spacial score (nSPS) is 11.5. The molecule has 0 aliphatic heterocycles. The van der Waals surface area contributed by atoms with Gasteiger partial charge in [0, 0.05) is 6.07 Å². The third-order valence-electron chi connectivity index (χ3n) is 2.61. The molecule has 0 atom stereocenters. The quantitative estimate of drug-likeness (QED) is 0.873. The number of rotatable bonds is 4.